The first-order chi connectivity index (χ1) is 5.79. The highest BCUT2D eigenvalue weighted by Gasteiger charge is 2.08. The molecule has 1 aromatic rings. The minimum Gasteiger partial charge on any atom is -0.496 e. The van der Waals surface area contributed by atoms with Crippen LogP contribution in [0.25, 0.3) is 0 Å². The number of nitrogens with two attached hydrogens (primary N) is 1. The lowest BCUT2D eigenvalue weighted by atomic mass is 10.1. The van der Waals surface area contributed by atoms with Gasteiger partial charge in [0.2, 0.25) is 0 Å². The van der Waals surface area contributed by atoms with E-state index < -0.39 is 0 Å². The Morgan fingerprint density at radius 1 is 1.42 bits per heavy atom. The Labute approximate surface area is 73.6 Å². The average molecular weight is 165 g/mol. The third-order valence-electron chi connectivity index (χ3n) is 1.98. The summed E-state index contributed by atoms with van der Waals surface area (Å²) in [5, 5.41) is 1.91. The smallest absolute Gasteiger partial charge is 0.127 e. The molecule has 0 aliphatic heterocycles. The van der Waals surface area contributed by atoms with Gasteiger partial charge in [-0.25, -0.2) is 0 Å². The van der Waals surface area contributed by atoms with Gasteiger partial charge in [-0.1, -0.05) is 12.1 Å². The normalized spacial score (nSPS) is 12.6. The van der Waals surface area contributed by atoms with E-state index in [1.165, 1.54) is 5.56 Å². The topological polar surface area (TPSA) is 25.8 Å². The Morgan fingerprint density at radius 3 is 2.67 bits per heavy atom. The maximum absolute atomic E-state index is 5.22. The Hall–Kier alpha value is -1.02. The number of quaternary nitrogens is 1. The first-order valence-corrected chi connectivity index (χ1v) is 4.05. The molecule has 0 saturated heterocycles. The fraction of sp³-hybridized carbons (Fsp3) is 0.300. The minimum atomic E-state index is 0.348. The Balaban J connectivity index is 2.96. The van der Waals surface area contributed by atoms with Crippen molar-refractivity contribution in [2.45, 2.75) is 13.0 Å². The second kappa shape index (κ2) is 4.12. The molecule has 66 valence electrons. The fourth-order valence-corrected chi connectivity index (χ4v) is 1.17. The molecule has 0 aliphatic carbocycles. The van der Waals surface area contributed by atoms with Crippen molar-refractivity contribution < 1.29 is 10.1 Å². The lowest BCUT2D eigenvalue weighted by Gasteiger charge is -2.14. The zero-order valence-electron chi connectivity index (χ0n) is 7.58. The molecule has 0 saturated carbocycles. The summed E-state index contributed by atoms with van der Waals surface area (Å²) >= 11 is 0. The van der Waals surface area contributed by atoms with Crippen molar-refractivity contribution in [2.75, 3.05) is 7.11 Å². The van der Waals surface area contributed by atoms with Crippen molar-refractivity contribution in [3.8, 4) is 5.75 Å². The van der Waals surface area contributed by atoms with Crippen molar-refractivity contribution >= 4 is 0 Å². The number of ether oxygens (including phenoxy) is 1. The molecule has 2 nitrogen and oxygen atoms in total. The summed E-state index contributed by atoms with van der Waals surface area (Å²) in [6, 6.07) is 8.36. The first kappa shape index (κ1) is 9.07. The second-order valence-electron chi connectivity index (χ2n) is 2.77. The van der Waals surface area contributed by atoms with E-state index in [0.29, 0.717) is 6.04 Å². The van der Waals surface area contributed by atoms with Crippen LogP contribution >= 0.6 is 0 Å². The largest absolute Gasteiger partial charge is 0.496 e. The van der Waals surface area contributed by atoms with Crippen LogP contribution in [-0.4, -0.2) is 7.11 Å². The maximum Gasteiger partial charge on any atom is 0.127 e. The summed E-state index contributed by atoms with van der Waals surface area (Å²) in [6.07, 6.45) is 0. The highest BCUT2D eigenvalue weighted by atomic mass is 16.5. The summed E-state index contributed by atoms with van der Waals surface area (Å²) in [5.41, 5.74) is 1.19. The van der Waals surface area contributed by atoms with Gasteiger partial charge in [0.05, 0.1) is 13.2 Å². The average Bonchev–Trinajstić information content (AvgIpc) is 2.16. The molecule has 0 aromatic heterocycles. The first-order valence-electron chi connectivity index (χ1n) is 4.05. The molecule has 0 spiro atoms. The zero-order chi connectivity index (χ0) is 8.97. The van der Waals surface area contributed by atoms with Gasteiger partial charge in [-0.05, 0) is 19.1 Å². The number of para-hydroxylation sites is 1. The van der Waals surface area contributed by atoms with E-state index in [2.05, 4.69) is 20.0 Å². The maximum atomic E-state index is 5.22. The quantitative estimate of drug-likeness (QED) is 0.667. The molecule has 1 unspecified atom stereocenters. The van der Waals surface area contributed by atoms with Gasteiger partial charge >= 0.3 is 0 Å². The number of hydrogen-bond acceptors (Lipinski definition) is 1. The van der Waals surface area contributed by atoms with Gasteiger partial charge in [-0.2, -0.15) is 7.05 Å². The van der Waals surface area contributed by atoms with Gasteiger partial charge in [-0.15, -0.1) is 0 Å². The van der Waals surface area contributed by atoms with Gasteiger partial charge in [0, 0.05) is 5.56 Å². The fourth-order valence-electron chi connectivity index (χ4n) is 1.17. The van der Waals surface area contributed by atoms with Crippen LogP contribution in [0.5, 0.6) is 5.75 Å². The molecule has 0 heterocycles. The summed E-state index contributed by atoms with van der Waals surface area (Å²) in [4.78, 5) is 0. The van der Waals surface area contributed by atoms with E-state index in [4.69, 9.17) is 4.74 Å². The number of benzene rings is 1. The molecule has 1 rings (SSSR count). The van der Waals surface area contributed by atoms with Crippen LogP contribution in [0, 0.1) is 7.05 Å². The number of hydrogen-bond donors (Lipinski definition) is 1. The zero-order valence-corrected chi connectivity index (χ0v) is 7.58. The predicted molar refractivity (Wildman–Crippen MR) is 48.7 cm³/mol. The van der Waals surface area contributed by atoms with Crippen molar-refractivity contribution in [3.05, 3.63) is 36.9 Å². The van der Waals surface area contributed by atoms with Crippen molar-refractivity contribution in [1.82, 2.24) is 0 Å². The van der Waals surface area contributed by atoms with Crippen LogP contribution in [0.1, 0.15) is 18.5 Å². The lowest BCUT2D eigenvalue weighted by molar-refractivity contribution is -0.637. The van der Waals surface area contributed by atoms with Crippen LogP contribution < -0.4 is 10.1 Å². The highest BCUT2D eigenvalue weighted by Crippen LogP contribution is 2.21. The van der Waals surface area contributed by atoms with Crippen LogP contribution in [-0.2, 0) is 0 Å². The molecule has 0 fully saturated rings. The molecule has 0 radical (unpaired) electrons. The molecule has 1 aromatic carbocycles. The van der Waals surface area contributed by atoms with E-state index in [1.807, 2.05) is 23.5 Å². The molecule has 0 aliphatic rings. The highest BCUT2D eigenvalue weighted by molar-refractivity contribution is 5.34. The third-order valence-corrected chi connectivity index (χ3v) is 1.98. The second-order valence-corrected chi connectivity index (χ2v) is 2.77. The van der Waals surface area contributed by atoms with E-state index in [9.17, 15) is 0 Å². The summed E-state index contributed by atoms with van der Waals surface area (Å²) in [5.74, 6) is 0.935. The van der Waals surface area contributed by atoms with Crippen molar-refractivity contribution in [2.24, 2.45) is 0 Å². The summed E-state index contributed by atoms with van der Waals surface area (Å²) < 4.78 is 5.22. The minimum absolute atomic E-state index is 0.348. The van der Waals surface area contributed by atoms with Crippen molar-refractivity contribution in [1.29, 1.82) is 0 Å². The van der Waals surface area contributed by atoms with Gasteiger partial charge in [0.15, 0.2) is 0 Å². The SMILES string of the molecule is [CH2-][NH2+]C(C)c1ccccc1OC. The van der Waals surface area contributed by atoms with E-state index in [-0.39, 0.29) is 0 Å². The molecule has 1 atom stereocenters. The van der Waals surface area contributed by atoms with Crippen molar-refractivity contribution in [3.63, 3.8) is 0 Å². The number of rotatable bonds is 3. The van der Waals surface area contributed by atoms with Crippen LogP contribution in [0.15, 0.2) is 24.3 Å². The Bertz CT molecular complexity index is 247. The van der Waals surface area contributed by atoms with Gasteiger partial charge in [0.25, 0.3) is 0 Å². The monoisotopic (exact) mass is 165 g/mol. The Kier molecular flexibility index (Phi) is 3.11. The summed E-state index contributed by atoms with van der Waals surface area (Å²) in [6.45, 7) is 2.10. The van der Waals surface area contributed by atoms with E-state index >= 15 is 0 Å². The van der Waals surface area contributed by atoms with Gasteiger partial charge in [0.1, 0.15) is 5.75 Å². The molecular weight excluding hydrogens is 150 g/mol. The third kappa shape index (κ3) is 1.77. The lowest BCUT2D eigenvalue weighted by Crippen LogP contribution is -2.77. The predicted octanol–water partition coefficient (Wildman–Crippen LogP) is 1.11. The summed E-state index contributed by atoms with van der Waals surface area (Å²) in [7, 11) is 5.45. The molecule has 12 heavy (non-hydrogen) atoms. The molecule has 2 heteroatoms. The number of methoxy groups -OCH3 is 1. The van der Waals surface area contributed by atoms with Crippen LogP contribution in [0.2, 0.25) is 0 Å². The van der Waals surface area contributed by atoms with E-state index in [1.54, 1.807) is 7.11 Å². The molecule has 0 bridgehead atoms. The van der Waals surface area contributed by atoms with Crippen LogP contribution in [0.3, 0.4) is 0 Å². The van der Waals surface area contributed by atoms with E-state index in [0.717, 1.165) is 5.75 Å². The molecule has 2 N–H and O–H groups in total. The standard InChI is InChI=1S/C10H15NO/c1-8(11-2)9-6-4-5-7-10(9)12-3/h4-8H,2,11H2,1,3H3. The molecule has 0 amide bonds. The Morgan fingerprint density at radius 2 is 2.08 bits per heavy atom. The van der Waals surface area contributed by atoms with Gasteiger partial charge < -0.3 is 10.1 Å². The van der Waals surface area contributed by atoms with Gasteiger partial charge in [-0.3, -0.25) is 0 Å². The molecular formula is C10H15NO. The van der Waals surface area contributed by atoms with Crippen LogP contribution in [0.4, 0.5) is 0 Å².